The van der Waals surface area contributed by atoms with Crippen LogP contribution in [0.15, 0.2) is 23.1 Å². The number of sulfonamides is 1. The predicted octanol–water partition coefficient (Wildman–Crippen LogP) is 1.13. The van der Waals surface area contributed by atoms with Gasteiger partial charge in [-0.15, -0.1) is 0 Å². The first-order valence-corrected chi connectivity index (χ1v) is 7.57. The number of carboxylic acids is 1. The summed E-state index contributed by atoms with van der Waals surface area (Å²) in [6, 6.07) is 4.11. The minimum atomic E-state index is -3.85. The Morgan fingerprint density at radius 2 is 1.95 bits per heavy atom. The smallest absolute Gasteiger partial charge is 0.335 e. The molecule has 0 saturated carbocycles. The van der Waals surface area contributed by atoms with E-state index in [1.807, 2.05) is 0 Å². The van der Waals surface area contributed by atoms with Gasteiger partial charge in [0, 0.05) is 12.1 Å². The van der Waals surface area contributed by atoms with E-state index in [9.17, 15) is 13.2 Å². The van der Waals surface area contributed by atoms with Crippen LogP contribution in [0.25, 0.3) is 0 Å². The summed E-state index contributed by atoms with van der Waals surface area (Å²) < 4.78 is 27.1. The van der Waals surface area contributed by atoms with Gasteiger partial charge in [-0.1, -0.05) is 6.07 Å². The first-order chi connectivity index (χ1) is 9.10. The number of rotatable bonds is 6. The lowest BCUT2D eigenvalue weighted by molar-refractivity contribution is 0.0696. The first kappa shape index (κ1) is 16.6. The van der Waals surface area contributed by atoms with Crippen molar-refractivity contribution in [2.45, 2.75) is 37.6 Å². The molecule has 0 atom stereocenters. The van der Waals surface area contributed by atoms with Gasteiger partial charge in [-0.05, 0) is 44.9 Å². The number of carboxylic acid groups (broad SMARTS) is 1. The Hall–Kier alpha value is -1.44. The Morgan fingerprint density at radius 1 is 1.35 bits per heavy atom. The van der Waals surface area contributed by atoms with Crippen LogP contribution in [0.4, 0.5) is 0 Å². The van der Waals surface area contributed by atoms with Gasteiger partial charge < -0.3 is 10.2 Å². The summed E-state index contributed by atoms with van der Waals surface area (Å²) in [5.41, 5.74) is -0.681. The van der Waals surface area contributed by atoms with Crippen LogP contribution in [0.1, 0.15) is 36.2 Å². The van der Waals surface area contributed by atoms with Crippen molar-refractivity contribution in [2.75, 3.05) is 6.61 Å². The zero-order chi connectivity index (χ0) is 15.6. The lowest BCUT2D eigenvalue weighted by Crippen LogP contribution is -2.44. The second kappa shape index (κ2) is 5.90. The van der Waals surface area contributed by atoms with Crippen molar-refractivity contribution in [3.05, 3.63) is 29.3 Å². The molecule has 0 heterocycles. The van der Waals surface area contributed by atoms with Crippen molar-refractivity contribution in [1.82, 2.24) is 4.72 Å². The fourth-order valence-corrected chi connectivity index (χ4v) is 3.60. The monoisotopic (exact) mass is 301 g/mol. The van der Waals surface area contributed by atoms with E-state index in [4.69, 9.17) is 10.2 Å². The van der Waals surface area contributed by atoms with Crippen molar-refractivity contribution in [3.8, 4) is 0 Å². The summed E-state index contributed by atoms with van der Waals surface area (Å²) >= 11 is 0. The number of nitrogens with one attached hydrogen (secondary N) is 1. The molecule has 0 amide bonds. The number of carbonyl (C=O) groups is 1. The highest BCUT2D eigenvalue weighted by atomic mass is 32.2. The predicted molar refractivity (Wildman–Crippen MR) is 74.2 cm³/mol. The Bertz CT molecular complexity index is 607. The summed E-state index contributed by atoms with van der Waals surface area (Å²) in [6.07, 6.45) is 0.254. The molecule has 0 radical (unpaired) electrons. The van der Waals surface area contributed by atoms with Crippen LogP contribution < -0.4 is 4.72 Å². The third-order valence-electron chi connectivity index (χ3n) is 2.95. The molecule has 0 aromatic heterocycles. The Labute approximate surface area is 118 Å². The number of aliphatic hydroxyl groups is 1. The summed E-state index contributed by atoms with van der Waals surface area (Å²) in [7, 11) is -3.85. The number of aromatic carboxylic acids is 1. The van der Waals surface area contributed by atoms with Crippen LogP contribution in [0, 0.1) is 6.92 Å². The van der Waals surface area contributed by atoms with Crippen LogP contribution in [0.3, 0.4) is 0 Å². The highest BCUT2D eigenvalue weighted by molar-refractivity contribution is 7.89. The van der Waals surface area contributed by atoms with Gasteiger partial charge in [0.15, 0.2) is 0 Å². The summed E-state index contributed by atoms with van der Waals surface area (Å²) in [6.45, 7) is 4.61. The second-order valence-electron chi connectivity index (χ2n) is 5.20. The third-order valence-corrected chi connectivity index (χ3v) is 4.79. The second-order valence-corrected chi connectivity index (χ2v) is 6.85. The fraction of sp³-hybridized carbons (Fsp3) is 0.462. The summed E-state index contributed by atoms with van der Waals surface area (Å²) in [5, 5.41) is 18.0. The van der Waals surface area contributed by atoms with Gasteiger partial charge in [0.1, 0.15) is 0 Å². The van der Waals surface area contributed by atoms with E-state index in [1.54, 1.807) is 13.8 Å². The molecule has 0 aliphatic rings. The molecule has 3 N–H and O–H groups in total. The van der Waals surface area contributed by atoms with E-state index in [1.165, 1.54) is 25.1 Å². The molecule has 20 heavy (non-hydrogen) atoms. The van der Waals surface area contributed by atoms with Gasteiger partial charge in [-0.25, -0.2) is 17.9 Å². The van der Waals surface area contributed by atoms with Crippen LogP contribution in [-0.4, -0.2) is 36.7 Å². The van der Waals surface area contributed by atoms with Crippen molar-refractivity contribution >= 4 is 16.0 Å². The Balaban J connectivity index is 3.24. The molecule has 0 spiro atoms. The minimum absolute atomic E-state index is 0.0483. The SMILES string of the molecule is Cc1c(C(=O)O)cccc1S(=O)(=O)NC(C)(C)CCO. The molecule has 7 heteroatoms. The number of benzene rings is 1. The molecule has 1 aromatic rings. The lowest BCUT2D eigenvalue weighted by atomic mass is 10.0. The fourth-order valence-electron chi connectivity index (χ4n) is 1.89. The van der Waals surface area contributed by atoms with Gasteiger partial charge in [0.2, 0.25) is 10.0 Å². The average molecular weight is 301 g/mol. The number of hydrogen-bond donors (Lipinski definition) is 3. The third kappa shape index (κ3) is 3.78. The summed E-state index contributed by atoms with van der Waals surface area (Å²) in [5.74, 6) is -1.17. The summed E-state index contributed by atoms with van der Waals surface area (Å²) in [4.78, 5) is 11.0. The van der Waals surface area contributed by atoms with Crippen LogP contribution >= 0.6 is 0 Å². The highest BCUT2D eigenvalue weighted by Crippen LogP contribution is 2.21. The molecule has 1 aromatic carbocycles. The van der Waals surface area contributed by atoms with Crippen LogP contribution in [-0.2, 0) is 10.0 Å². The zero-order valence-electron chi connectivity index (χ0n) is 11.7. The number of aliphatic hydroxyl groups excluding tert-OH is 1. The largest absolute Gasteiger partial charge is 0.478 e. The van der Waals surface area contributed by atoms with Gasteiger partial charge in [0.25, 0.3) is 0 Å². The number of hydrogen-bond acceptors (Lipinski definition) is 4. The van der Waals surface area contributed by atoms with Gasteiger partial charge in [-0.3, -0.25) is 0 Å². The van der Waals surface area contributed by atoms with E-state index >= 15 is 0 Å². The maximum Gasteiger partial charge on any atom is 0.335 e. The van der Waals surface area contributed by atoms with Crippen LogP contribution in [0.5, 0.6) is 0 Å². The van der Waals surface area contributed by atoms with Crippen molar-refractivity contribution < 1.29 is 23.4 Å². The molecule has 0 unspecified atom stereocenters. The molecule has 0 bridgehead atoms. The van der Waals surface area contributed by atoms with Gasteiger partial charge in [-0.2, -0.15) is 0 Å². The molecule has 0 fully saturated rings. The van der Waals surface area contributed by atoms with E-state index in [0.717, 1.165) is 0 Å². The van der Waals surface area contributed by atoms with Crippen LogP contribution in [0.2, 0.25) is 0 Å². The Kier molecular flexibility index (Phi) is 4.90. The normalized spacial score (nSPS) is 12.4. The molecule has 0 saturated heterocycles. The maximum absolute atomic E-state index is 12.3. The average Bonchev–Trinajstić information content (AvgIpc) is 2.26. The molecule has 112 valence electrons. The van der Waals surface area contributed by atoms with E-state index in [2.05, 4.69) is 4.72 Å². The van der Waals surface area contributed by atoms with E-state index in [-0.39, 0.29) is 29.1 Å². The lowest BCUT2D eigenvalue weighted by Gasteiger charge is -2.25. The highest BCUT2D eigenvalue weighted by Gasteiger charge is 2.28. The molecule has 0 aliphatic carbocycles. The molecule has 0 aliphatic heterocycles. The minimum Gasteiger partial charge on any atom is -0.478 e. The Morgan fingerprint density at radius 3 is 2.45 bits per heavy atom. The zero-order valence-corrected chi connectivity index (χ0v) is 12.5. The van der Waals surface area contributed by atoms with Crippen molar-refractivity contribution in [2.24, 2.45) is 0 Å². The van der Waals surface area contributed by atoms with Crippen molar-refractivity contribution in [1.29, 1.82) is 0 Å². The van der Waals surface area contributed by atoms with Crippen molar-refractivity contribution in [3.63, 3.8) is 0 Å². The topological polar surface area (TPSA) is 104 Å². The quantitative estimate of drug-likeness (QED) is 0.731. The van der Waals surface area contributed by atoms with E-state index in [0.29, 0.717) is 0 Å². The first-order valence-electron chi connectivity index (χ1n) is 6.08. The maximum atomic E-state index is 12.3. The van der Waals surface area contributed by atoms with E-state index < -0.39 is 21.5 Å². The molecule has 6 nitrogen and oxygen atoms in total. The molecular formula is C13H19NO5S. The van der Waals surface area contributed by atoms with Gasteiger partial charge >= 0.3 is 5.97 Å². The molecular weight excluding hydrogens is 282 g/mol. The standard InChI is InChI=1S/C13H19NO5S/c1-9-10(12(16)17)5-4-6-11(9)20(18,19)14-13(2,3)7-8-15/h4-6,14-15H,7-8H2,1-3H3,(H,16,17). The van der Waals surface area contributed by atoms with Gasteiger partial charge in [0.05, 0.1) is 10.5 Å². The molecule has 1 rings (SSSR count).